The standard InChI is InChI=1S/C20H20ClN5O3S/c1-26-17(11-18(27)22-14-8-6-13(21)7-9-14)24-25-20(26)30-12-19(28)23-15-4-3-5-16(10-15)29-2/h3-10H,11-12H2,1-2H3,(H,22,27)(H,23,28). The van der Waals surface area contributed by atoms with Gasteiger partial charge in [-0.05, 0) is 36.4 Å². The van der Waals surface area contributed by atoms with Gasteiger partial charge in [0.15, 0.2) is 5.16 Å². The maximum atomic E-state index is 12.2. The lowest BCUT2D eigenvalue weighted by molar-refractivity contribution is -0.116. The molecule has 1 heterocycles. The van der Waals surface area contributed by atoms with Gasteiger partial charge >= 0.3 is 0 Å². The zero-order chi connectivity index (χ0) is 21.5. The summed E-state index contributed by atoms with van der Waals surface area (Å²) in [5.74, 6) is 0.908. The normalized spacial score (nSPS) is 10.5. The first-order chi connectivity index (χ1) is 14.4. The van der Waals surface area contributed by atoms with E-state index >= 15 is 0 Å². The molecule has 0 unspecified atom stereocenters. The Balaban J connectivity index is 1.52. The highest BCUT2D eigenvalue weighted by molar-refractivity contribution is 7.99. The van der Waals surface area contributed by atoms with Gasteiger partial charge in [-0.15, -0.1) is 10.2 Å². The molecule has 8 nitrogen and oxygen atoms in total. The monoisotopic (exact) mass is 445 g/mol. The van der Waals surface area contributed by atoms with E-state index in [1.54, 1.807) is 67.3 Å². The third-order valence-corrected chi connectivity index (χ3v) is 5.33. The van der Waals surface area contributed by atoms with Gasteiger partial charge in [-0.1, -0.05) is 29.4 Å². The molecule has 3 aromatic rings. The molecule has 0 atom stereocenters. The van der Waals surface area contributed by atoms with Crippen molar-refractivity contribution in [2.45, 2.75) is 11.6 Å². The average molecular weight is 446 g/mol. The van der Waals surface area contributed by atoms with Crippen LogP contribution in [0, 0.1) is 0 Å². The number of methoxy groups -OCH3 is 1. The van der Waals surface area contributed by atoms with Crippen molar-refractivity contribution in [1.82, 2.24) is 14.8 Å². The molecule has 0 aliphatic carbocycles. The summed E-state index contributed by atoms with van der Waals surface area (Å²) in [5, 5.41) is 14.9. The Morgan fingerprint density at radius 3 is 2.53 bits per heavy atom. The first-order valence-electron chi connectivity index (χ1n) is 8.95. The molecular weight excluding hydrogens is 426 g/mol. The first kappa shape index (κ1) is 21.7. The molecule has 10 heteroatoms. The maximum absolute atomic E-state index is 12.2. The van der Waals surface area contributed by atoms with Crippen molar-refractivity contribution in [3.63, 3.8) is 0 Å². The molecular formula is C20H20ClN5O3S. The lowest BCUT2D eigenvalue weighted by Crippen LogP contribution is -2.17. The Labute approximate surface area is 183 Å². The number of carbonyl (C=O) groups is 2. The molecule has 0 aliphatic rings. The van der Waals surface area contributed by atoms with Crippen molar-refractivity contribution >= 4 is 46.6 Å². The number of ether oxygens (including phenoxy) is 1. The van der Waals surface area contributed by atoms with Crippen molar-refractivity contribution in [1.29, 1.82) is 0 Å². The fourth-order valence-corrected chi connectivity index (χ4v) is 3.39. The van der Waals surface area contributed by atoms with E-state index in [-0.39, 0.29) is 24.0 Å². The maximum Gasteiger partial charge on any atom is 0.234 e. The second kappa shape index (κ2) is 10.1. The van der Waals surface area contributed by atoms with Crippen LogP contribution in [-0.4, -0.2) is 39.4 Å². The van der Waals surface area contributed by atoms with Crippen LogP contribution in [-0.2, 0) is 23.1 Å². The molecule has 1 aromatic heterocycles. The molecule has 156 valence electrons. The molecule has 0 spiro atoms. The predicted molar refractivity (Wildman–Crippen MR) is 117 cm³/mol. The average Bonchev–Trinajstić information content (AvgIpc) is 3.07. The number of nitrogens with one attached hydrogen (secondary N) is 2. The number of carbonyl (C=O) groups excluding carboxylic acids is 2. The Kier molecular flexibility index (Phi) is 7.31. The van der Waals surface area contributed by atoms with Crippen LogP contribution >= 0.6 is 23.4 Å². The Bertz CT molecular complexity index is 1040. The van der Waals surface area contributed by atoms with E-state index in [1.165, 1.54) is 11.8 Å². The summed E-state index contributed by atoms with van der Waals surface area (Å²) in [6.45, 7) is 0. The minimum Gasteiger partial charge on any atom is -0.497 e. The number of nitrogens with zero attached hydrogens (tertiary/aromatic N) is 3. The van der Waals surface area contributed by atoms with Crippen LogP contribution in [0.5, 0.6) is 5.75 Å². The van der Waals surface area contributed by atoms with Gasteiger partial charge in [0, 0.05) is 29.5 Å². The van der Waals surface area contributed by atoms with Gasteiger partial charge in [0.05, 0.1) is 19.3 Å². The highest BCUT2D eigenvalue weighted by Gasteiger charge is 2.15. The molecule has 2 amide bonds. The third-order valence-electron chi connectivity index (χ3n) is 4.06. The van der Waals surface area contributed by atoms with Crippen LogP contribution < -0.4 is 15.4 Å². The molecule has 2 aromatic carbocycles. The highest BCUT2D eigenvalue weighted by atomic mass is 35.5. The van der Waals surface area contributed by atoms with Gasteiger partial charge in [-0.2, -0.15) is 0 Å². The van der Waals surface area contributed by atoms with Crippen LogP contribution in [0.1, 0.15) is 5.82 Å². The van der Waals surface area contributed by atoms with Crippen LogP contribution in [0.3, 0.4) is 0 Å². The van der Waals surface area contributed by atoms with E-state index in [4.69, 9.17) is 16.3 Å². The summed E-state index contributed by atoms with van der Waals surface area (Å²) in [6, 6.07) is 14.0. The Morgan fingerprint density at radius 2 is 1.80 bits per heavy atom. The Morgan fingerprint density at radius 1 is 1.07 bits per heavy atom. The number of halogens is 1. The number of rotatable bonds is 8. The quantitative estimate of drug-likeness (QED) is 0.516. The summed E-state index contributed by atoms with van der Waals surface area (Å²) >= 11 is 7.08. The molecule has 3 rings (SSSR count). The van der Waals surface area contributed by atoms with E-state index in [1.807, 2.05) is 0 Å². The van der Waals surface area contributed by atoms with Gasteiger partial charge in [0.2, 0.25) is 11.8 Å². The van der Waals surface area contributed by atoms with Crippen molar-refractivity contribution in [3.05, 3.63) is 59.4 Å². The number of anilines is 2. The SMILES string of the molecule is COc1cccc(NC(=O)CSc2nnc(CC(=O)Nc3ccc(Cl)cc3)n2C)c1. The topological polar surface area (TPSA) is 98.1 Å². The summed E-state index contributed by atoms with van der Waals surface area (Å²) < 4.78 is 6.84. The van der Waals surface area contributed by atoms with Gasteiger partial charge < -0.3 is 19.9 Å². The number of aromatic nitrogens is 3. The summed E-state index contributed by atoms with van der Waals surface area (Å²) in [5.41, 5.74) is 1.30. The van der Waals surface area contributed by atoms with E-state index in [0.29, 0.717) is 33.1 Å². The number of amides is 2. The van der Waals surface area contributed by atoms with Crippen LogP contribution in [0.25, 0.3) is 0 Å². The minimum atomic E-state index is -0.222. The fraction of sp³-hybridized carbons (Fsp3) is 0.200. The van der Waals surface area contributed by atoms with Crippen molar-refractivity contribution in [3.8, 4) is 5.75 Å². The van der Waals surface area contributed by atoms with Crippen LogP contribution in [0.15, 0.2) is 53.7 Å². The largest absolute Gasteiger partial charge is 0.497 e. The summed E-state index contributed by atoms with van der Waals surface area (Å²) in [7, 11) is 3.32. The molecule has 2 N–H and O–H groups in total. The number of thioether (sulfide) groups is 1. The molecule has 0 radical (unpaired) electrons. The van der Waals surface area contributed by atoms with Crippen LogP contribution in [0.4, 0.5) is 11.4 Å². The molecule has 0 aliphatic heterocycles. The molecule has 30 heavy (non-hydrogen) atoms. The Hall–Kier alpha value is -3.04. The molecule has 0 fully saturated rings. The van der Waals surface area contributed by atoms with E-state index in [2.05, 4.69) is 20.8 Å². The number of hydrogen-bond acceptors (Lipinski definition) is 6. The third kappa shape index (κ3) is 5.98. The lowest BCUT2D eigenvalue weighted by atomic mass is 10.3. The van der Waals surface area contributed by atoms with E-state index < -0.39 is 0 Å². The van der Waals surface area contributed by atoms with Crippen molar-refractivity contribution in [2.75, 3.05) is 23.5 Å². The van der Waals surface area contributed by atoms with Gasteiger partial charge in [-0.25, -0.2) is 0 Å². The first-order valence-corrected chi connectivity index (χ1v) is 10.3. The smallest absolute Gasteiger partial charge is 0.234 e. The summed E-state index contributed by atoms with van der Waals surface area (Å²) in [6.07, 6.45) is 0.0582. The van der Waals surface area contributed by atoms with Gasteiger partial charge in [0.1, 0.15) is 11.6 Å². The van der Waals surface area contributed by atoms with Gasteiger partial charge in [0.25, 0.3) is 0 Å². The van der Waals surface area contributed by atoms with Crippen LogP contribution in [0.2, 0.25) is 5.02 Å². The second-order valence-electron chi connectivity index (χ2n) is 6.26. The number of benzene rings is 2. The van der Waals surface area contributed by atoms with Crippen molar-refractivity contribution in [2.24, 2.45) is 7.05 Å². The second-order valence-corrected chi connectivity index (χ2v) is 7.64. The van der Waals surface area contributed by atoms with Gasteiger partial charge in [-0.3, -0.25) is 9.59 Å². The zero-order valence-electron chi connectivity index (χ0n) is 16.4. The molecule has 0 saturated heterocycles. The van der Waals surface area contributed by atoms with E-state index in [0.717, 1.165) is 0 Å². The lowest BCUT2D eigenvalue weighted by Gasteiger charge is -2.07. The minimum absolute atomic E-state index is 0.0582. The predicted octanol–water partition coefficient (Wildman–Crippen LogP) is 3.39. The van der Waals surface area contributed by atoms with E-state index in [9.17, 15) is 9.59 Å². The molecule has 0 bridgehead atoms. The fourth-order valence-electron chi connectivity index (χ4n) is 2.53. The number of hydrogen-bond donors (Lipinski definition) is 2. The summed E-state index contributed by atoms with van der Waals surface area (Å²) in [4.78, 5) is 24.4. The zero-order valence-corrected chi connectivity index (χ0v) is 18.0. The highest BCUT2D eigenvalue weighted by Crippen LogP contribution is 2.19. The molecule has 0 saturated carbocycles. The van der Waals surface area contributed by atoms with Crippen molar-refractivity contribution < 1.29 is 14.3 Å².